The number of fused-ring (bicyclic) bond motifs is 3. The van der Waals surface area contributed by atoms with E-state index in [0.29, 0.717) is 23.0 Å². The third-order valence-electron chi connectivity index (χ3n) is 4.65. The van der Waals surface area contributed by atoms with Crippen molar-refractivity contribution in [2.45, 2.75) is 13.3 Å². The number of rotatable bonds is 5. The monoisotopic (exact) mass is 399 g/mol. The Labute approximate surface area is 171 Å². The molecule has 5 rings (SSSR count). The van der Waals surface area contributed by atoms with Crippen LogP contribution in [0.1, 0.15) is 23.3 Å². The van der Waals surface area contributed by atoms with Crippen molar-refractivity contribution in [3.05, 3.63) is 78.5 Å². The highest BCUT2D eigenvalue weighted by atomic mass is 16.5. The number of amides is 1. The lowest BCUT2D eigenvalue weighted by atomic mass is 10.3. The van der Waals surface area contributed by atoms with Crippen molar-refractivity contribution in [1.29, 1.82) is 0 Å². The van der Waals surface area contributed by atoms with Gasteiger partial charge < -0.3 is 14.5 Å². The zero-order valence-electron chi connectivity index (χ0n) is 16.1. The molecular formula is C22H17N5O3. The molecule has 0 saturated carbocycles. The van der Waals surface area contributed by atoms with E-state index < -0.39 is 0 Å². The van der Waals surface area contributed by atoms with Crippen LogP contribution in [0.5, 0.6) is 11.6 Å². The van der Waals surface area contributed by atoms with Crippen molar-refractivity contribution < 1.29 is 13.9 Å². The molecule has 148 valence electrons. The van der Waals surface area contributed by atoms with Crippen LogP contribution in [-0.2, 0) is 6.42 Å². The van der Waals surface area contributed by atoms with Gasteiger partial charge in [0.25, 0.3) is 11.8 Å². The molecule has 8 heteroatoms. The Kier molecular flexibility index (Phi) is 4.36. The minimum Gasteiger partial charge on any atom is -0.459 e. The number of carbonyl (C=O) groups is 1. The molecule has 0 spiro atoms. The number of benzene rings is 2. The fourth-order valence-corrected chi connectivity index (χ4v) is 3.23. The summed E-state index contributed by atoms with van der Waals surface area (Å²) in [5, 5.41) is 11.3. The van der Waals surface area contributed by atoms with E-state index in [-0.39, 0.29) is 11.7 Å². The van der Waals surface area contributed by atoms with Crippen molar-refractivity contribution >= 4 is 28.3 Å². The maximum Gasteiger partial charge on any atom is 0.291 e. The number of para-hydroxylation sites is 2. The molecule has 5 aromatic rings. The van der Waals surface area contributed by atoms with Crippen LogP contribution in [-0.4, -0.2) is 25.5 Å². The lowest BCUT2D eigenvalue weighted by Gasteiger charge is -2.10. The topological polar surface area (TPSA) is 94.6 Å². The van der Waals surface area contributed by atoms with E-state index in [0.717, 1.165) is 23.3 Å². The quantitative estimate of drug-likeness (QED) is 0.468. The highest BCUT2D eigenvalue weighted by Gasteiger charge is 2.16. The van der Waals surface area contributed by atoms with E-state index in [1.54, 1.807) is 36.4 Å². The Morgan fingerprint density at radius 1 is 1.07 bits per heavy atom. The lowest BCUT2D eigenvalue weighted by Crippen LogP contribution is -2.10. The third-order valence-corrected chi connectivity index (χ3v) is 4.65. The number of anilines is 1. The van der Waals surface area contributed by atoms with Gasteiger partial charge in [-0.2, -0.15) is 0 Å². The van der Waals surface area contributed by atoms with E-state index >= 15 is 0 Å². The summed E-state index contributed by atoms with van der Waals surface area (Å²) in [7, 11) is 0. The lowest BCUT2D eigenvalue weighted by molar-refractivity contribution is 0.0996. The molecule has 0 atom stereocenters. The van der Waals surface area contributed by atoms with Crippen molar-refractivity contribution in [2.75, 3.05) is 5.32 Å². The number of nitrogens with one attached hydrogen (secondary N) is 1. The normalized spacial score (nSPS) is 11.1. The predicted octanol–water partition coefficient (Wildman–Crippen LogP) is 4.48. The van der Waals surface area contributed by atoms with E-state index in [1.807, 2.05) is 35.6 Å². The van der Waals surface area contributed by atoms with E-state index in [1.165, 1.54) is 6.26 Å². The van der Waals surface area contributed by atoms with Crippen LogP contribution in [0.25, 0.3) is 16.7 Å². The average molecular weight is 399 g/mol. The first-order chi connectivity index (χ1) is 14.7. The zero-order valence-corrected chi connectivity index (χ0v) is 16.1. The average Bonchev–Trinajstić information content (AvgIpc) is 3.45. The molecule has 1 N–H and O–H groups in total. The van der Waals surface area contributed by atoms with E-state index in [4.69, 9.17) is 9.15 Å². The molecule has 0 fully saturated rings. The van der Waals surface area contributed by atoms with Gasteiger partial charge in [0.1, 0.15) is 11.6 Å². The van der Waals surface area contributed by atoms with Gasteiger partial charge in [-0.15, -0.1) is 10.2 Å². The van der Waals surface area contributed by atoms with Crippen molar-refractivity contribution in [3.8, 4) is 11.6 Å². The minimum absolute atomic E-state index is 0.247. The maximum absolute atomic E-state index is 12.1. The van der Waals surface area contributed by atoms with Crippen LogP contribution in [0.3, 0.4) is 0 Å². The highest BCUT2D eigenvalue weighted by Crippen LogP contribution is 2.28. The summed E-state index contributed by atoms with van der Waals surface area (Å²) in [5.74, 6) is 1.70. The number of nitrogens with zero attached hydrogens (tertiary/aromatic N) is 4. The first-order valence-electron chi connectivity index (χ1n) is 9.48. The van der Waals surface area contributed by atoms with Gasteiger partial charge in [0, 0.05) is 12.1 Å². The Hall–Kier alpha value is -4.20. The fraction of sp³-hybridized carbons (Fsp3) is 0.0909. The van der Waals surface area contributed by atoms with Crippen LogP contribution in [0.4, 0.5) is 5.69 Å². The number of hydrogen-bond donors (Lipinski definition) is 1. The molecule has 1 amide bonds. The molecule has 0 radical (unpaired) electrons. The fourth-order valence-electron chi connectivity index (χ4n) is 3.23. The largest absolute Gasteiger partial charge is 0.459 e. The van der Waals surface area contributed by atoms with Crippen molar-refractivity contribution in [1.82, 2.24) is 19.6 Å². The second-order valence-corrected chi connectivity index (χ2v) is 6.59. The van der Waals surface area contributed by atoms with Gasteiger partial charge in [-0.25, -0.2) is 4.98 Å². The van der Waals surface area contributed by atoms with Gasteiger partial charge in [0.2, 0.25) is 5.65 Å². The molecule has 30 heavy (non-hydrogen) atoms. The third kappa shape index (κ3) is 3.14. The molecule has 2 aromatic carbocycles. The summed E-state index contributed by atoms with van der Waals surface area (Å²) < 4.78 is 13.1. The van der Waals surface area contributed by atoms with Crippen LogP contribution in [0, 0.1) is 0 Å². The molecule has 0 saturated heterocycles. The van der Waals surface area contributed by atoms with Crippen LogP contribution in [0.2, 0.25) is 0 Å². The van der Waals surface area contributed by atoms with Gasteiger partial charge in [0.05, 0.1) is 17.3 Å². The van der Waals surface area contributed by atoms with E-state index in [9.17, 15) is 4.79 Å². The molecule has 3 heterocycles. The number of carbonyl (C=O) groups excluding carboxylic acids is 1. The molecule has 0 aliphatic carbocycles. The number of aryl methyl sites for hydroxylation is 1. The van der Waals surface area contributed by atoms with Gasteiger partial charge >= 0.3 is 0 Å². The summed E-state index contributed by atoms with van der Waals surface area (Å²) in [5.41, 5.74) is 2.89. The van der Waals surface area contributed by atoms with Gasteiger partial charge in [-0.05, 0) is 48.5 Å². The molecule has 0 bridgehead atoms. The Balaban J connectivity index is 1.45. The molecule has 3 aromatic heterocycles. The summed E-state index contributed by atoms with van der Waals surface area (Å²) in [6, 6.07) is 18.1. The van der Waals surface area contributed by atoms with E-state index in [2.05, 4.69) is 20.5 Å². The molecule has 8 nitrogen and oxygen atoms in total. The predicted molar refractivity (Wildman–Crippen MR) is 111 cm³/mol. The Morgan fingerprint density at radius 3 is 2.67 bits per heavy atom. The summed E-state index contributed by atoms with van der Waals surface area (Å²) in [4.78, 5) is 16.7. The Bertz CT molecular complexity index is 1340. The van der Waals surface area contributed by atoms with Crippen LogP contribution in [0.15, 0.2) is 71.3 Å². The Morgan fingerprint density at radius 2 is 1.90 bits per heavy atom. The maximum atomic E-state index is 12.1. The van der Waals surface area contributed by atoms with Gasteiger partial charge in [-0.3, -0.25) is 9.20 Å². The molecular weight excluding hydrogens is 382 g/mol. The number of aromatic nitrogens is 4. The number of ether oxygens (including phenoxy) is 1. The number of furan rings is 1. The summed E-state index contributed by atoms with van der Waals surface area (Å²) in [6.45, 7) is 2.03. The van der Waals surface area contributed by atoms with Crippen molar-refractivity contribution in [2.24, 2.45) is 0 Å². The molecule has 0 aliphatic heterocycles. The molecule has 0 aliphatic rings. The summed E-state index contributed by atoms with van der Waals surface area (Å²) >= 11 is 0. The highest BCUT2D eigenvalue weighted by molar-refractivity contribution is 6.02. The summed E-state index contributed by atoms with van der Waals surface area (Å²) in [6.07, 6.45) is 2.19. The first-order valence-corrected chi connectivity index (χ1v) is 9.48. The smallest absolute Gasteiger partial charge is 0.291 e. The van der Waals surface area contributed by atoms with Crippen LogP contribution < -0.4 is 10.1 Å². The SMILES string of the molecule is CCc1nnc2c(Oc3ccc(NC(=O)c4ccco4)cc3)nc3ccccc3n12. The molecule has 0 unspecified atom stereocenters. The van der Waals surface area contributed by atoms with Crippen molar-refractivity contribution in [3.63, 3.8) is 0 Å². The number of hydrogen-bond acceptors (Lipinski definition) is 6. The minimum atomic E-state index is -0.317. The van der Waals surface area contributed by atoms with Gasteiger partial charge in [-0.1, -0.05) is 19.1 Å². The second-order valence-electron chi connectivity index (χ2n) is 6.59. The van der Waals surface area contributed by atoms with Crippen LogP contribution >= 0.6 is 0 Å². The first kappa shape index (κ1) is 17.9. The van der Waals surface area contributed by atoms with Gasteiger partial charge in [0.15, 0.2) is 5.76 Å². The standard InChI is InChI=1S/C22H17N5O3/c1-2-19-25-26-20-22(24-16-6-3-4-7-17(16)27(19)20)30-15-11-9-14(10-12-15)23-21(28)18-8-5-13-29-18/h3-13H,2H2,1H3,(H,23,28). The zero-order chi connectivity index (χ0) is 20.5. The second kappa shape index (κ2) is 7.32.